The molecule has 0 aliphatic rings. The number of para-hydroxylation sites is 1. The molecule has 0 fully saturated rings. The lowest BCUT2D eigenvalue weighted by molar-refractivity contribution is 0.0998. The van der Waals surface area contributed by atoms with E-state index in [1.807, 2.05) is 0 Å². The van der Waals surface area contributed by atoms with Crippen molar-refractivity contribution in [2.24, 2.45) is 5.73 Å². The van der Waals surface area contributed by atoms with Crippen LogP contribution >= 0.6 is 15.9 Å². The van der Waals surface area contributed by atoms with Crippen LogP contribution in [0.2, 0.25) is 0 Å². The summed E-state index contributed by atoms with van der Waals surface area (Å²) in [5.41, 5.74) is 5.26. The third kappa shape index (κ3) is 2.90. The van der Waals surface area contributed by atoms with Crippen LogP contribution in [0.1, 0.15) is 10.4 Å². The third-order valence-electron chi connectivity index (χ3n) is 2.33. The maximum absolute atomic E-state index is 13.6. The first-order valence-corrected chi connectivity index (χ1v) is 5.99. The molecule has 0 unspecified atom stereocenters. The van der Waals surface area contributed by atoms with E-state index in [0.717, 1.165) is 6.07 Å². The molecule has 19 heavy (non-hydrogen) atoms. The Bertz CT molecular complexity index is 647. The zero-order valence-corrected chi connectivity index (χ0v) is 11.1. The van der Waals surface area contributed by atoms with E-state index in [0.29, 0.717) is 4.47 Å². The summed E-state index contributed by atoms with van der Waals surface area (Å²) in [4.78, 5) is 11.2. The smallest absolute Gasteiger partial charge is 0.252 e. The zero-order valence-electron chi connectivity index (χ0n) is 9.49. The molecule has 0 spiro atoms. The molecule has 98 valence electrons. The van der Waals surface area contributed by atoms with Gasteiger partial charge in [0.2, 0.25) is 5.82 Å². The fourth-order valence-corrected chi connectivity index (χ4v) is 1.89. The van der Waals surface area contributed by atoms with Crippen LogP contribution in [0.25, 0.3) is 0 Å². The number of halogens is 3. The van der Waals surface area contributed by atoms with Crippen molar-refractivity contribution < 1.29 is 18.3 Å². The average molecular weight is 328 g/mol. The van der Waals surface area contributed by atoms with Gasteiger partial charge in [-0.15, -0.1) is 0 Å². The number of benzene rings is 2. The maximum atomic E-state index is 13.6. The molecule has 0 saturated heterocycles. The fraction of sp³-hybridized carbons (Fsp3) is 0. The Morgan fingerprint density at radius 3 is 2.53 bits per heavy atom. The Morgan fingerprint density at radius 2 is 1.84 bits per heavy atom. The van der Waals surface area contributed by atoms with Crippen LogP contribution < -0.4 is 10.5 Å². The minimum Gasteiger partial charge on any atom is -0.453 e. The first kappa shape index (κ1) is 13.5. The van der Waals surface area contributed by atoms with Crippen molar-refractivity contribution in [3.05, 3.63) is 58.1 Å². The summed E-state index contributed by atoms with van der Waals surface area (Å²) in [6.07, 6.45) is 0. The first-order chi connectivity index (χ1) is 8.99. The Balaban J connectivity index is 2.45. The Kier molecular flexibility index (Phi) is 3.80. The van der Waals surface area contributed by atoms with Crippen LogP contribution in [-0.4, -0.2) is 5.91 Å². The van der Waals surface area contributed by atoms with Crippen molar-refractivity contribution in [3.8, 4) is 11.5 Å². The number of carbonyl (C=O) groups is 1. The standard InChI is InChI=1S/C13H8BrF2NO2/c14-7-5-9(15)12(16)11(6-7)19-10-4-2-1-3-8(10)13(17)18/h1-6H,(H2,17,18). The van der Waals surface area contributed by atoms with Gasteiger partial charge in [-0.1, -0.05) is 28.1 Å². The maximum Gasteiger partial charge on any atom is 0.252 e. The van der Waals surface area contributed by atoms with E-state index in [-0.39, 0.29) is 17.1 Å². The van der Waals surface area contributed by atoms with Crippen molar-refractivity contribution in [1.82, 2.24) is 0 Å². The highest BCUT2D eigenvalue weighted by atomic mass is 79.9. The minimum absolute atomic E-state index is 0.0615. The van der Waals surface area contributed by atoms with Crippen molar-refractivity contribution in [2.75, 3.05) is 0 Å². The van der Waals surface area contributed by atoms with Crippen LogP contribution in [-0.2, 0) is 0 Å². The van der Waals surface area contributed by atoms with Crippen molar-refractivity contribution >= 4 is 21.8 Å². The average Bonchev–Trinajstić information content (AvgIpc) is 2.35. The highest BCUT2D eigenvalue weighted by Crippen LogP contribution is 2.31. The first-order valence-electron chi connectivity index (χ1n) is 5.20. The fourth-order valence-electron chi connectivity index (χ4n) is 1.48. The lowest BCUT2D eigenvalue weighted by Gasteiger charge is -2.10. The van der Waals surface area contributed by atoms with E-state index in [1.54, 1.807) is 12.1 Å². The molecule has 0 atom stereocenters. The monoisotopic (exact) mass is 327 g/mol. The normalized spacial score (nSPS) is 10.3. The summed E-state index contributed by atoms with van der Waals surface area (Å²) in [6.45, 7) is 0. The molecule has 0 aromatic heterocycles. The number of hydrogen-bond donors (Lipinski definition) is 1. The number of amides is 1. The van der Waals surface area contributed by atoms with E-state index in [9.17, 15) is 13.6 Å². The quantitative estimate of drug-likeness (QED) is 0.875. The lowest BCUT2D eigenvalue weighted by atomic mass is 10.2. The molecule has 3 nitrogen and oxygen atoms in total. The Labute approximate surface area is 116 Å². The molecule has 6 heteroatoms. The van der Waals surface area contributed by atoms with Crippen LogP contribution in [0.4, 0.5) is 8.78 Å². The molecule has 0 aliphatic carbocycles. The van der Waals surface area contributed by atoms with Gasteiger partial charge in [-0.05, 0) is 24.3 Å². The number of primary amides is 1. The molecular formula is C13H8BrF2NO2. The van der Waals surface area contributed by atoms with Crippen LogP contribution in [0.5, 0.6) is 11.5 Å². The summed E-state index contributed by atoms with van der Waals surface area (Å²) in [5.74, 6) is -3.18. The summed E-state index contributed by atoms with van der Waals surface area (Å²) < 4.78 is 32.3. The van der Waals surface area contributed by atoms with Crippen LogP contribution in [0.3, 0.4) is 0 Å². The summed E-state index contributed by atoms with van der Waals surface area (Å²) in [5, 5.41) is 0. The topological polar surface area (TPSA) is 52.3 Å². The van der Waals surface area contributed by atoms with Gasteiger partial charge < -0.3 is 10.5 Å². The van der Waals surface area contributed by atoms with Gasteiger partial charge in [-0.2, -0.15) is 4.39 Å². The summed E-state index contributed by atoms with van der Waals surface area (Å²) in [6, 6.07) is 8.29. The van der Waals surface area contributed by atoms with Crippen molar-refractivity contribution in [3.63, 3.8) is 0 Å². The number of ether oxygens (including phenoxy) is 1. The van der Waals surface area contributed by atoms with Gasteiger partial charge in [0.25, 0.3) is 5.91 Å². The SMILES string of the molecule is NC(=O)c1ccccc1Oc1cc(Br)cc(F)c1F. The van der Waals surface area contributed by atoms with E-state index < -0.39 is 17.5 Å². The second-order valence-corrected chi connectivity index (χ2v) is 4.58. The second kappa shape index (κ2) is 5.36. The lowest BCUT2D eigenvalue weighted by Crippen LogP contribution is -2.12. The Hall–Kier alpha value is -1.95. The van der Waals surface area contributed by atoms with Gasteiger partial charge >= 0.3 is 0 Å². The molecule has 0 heterocycles. The number of carbonyl (C=O) groups excluding carboxylic acids is 1. The van der Waals surface area contributed by atoms with E-state index in [2.05, 4.69) is 15.9 Å². The molecule has 0 aliphatic heterocycles. The predicted octanol–water partition coefficient (Wildman–Crippen LogP) is 3.62. The number of rotatable bonds is 3. The molecular weight excluding hydrogens is 320 g/mol. The zero-order chi connectivity index (χ0) is 14.0. The van der Waals surface area contributed by atoms with Crippen LogP contribution in [0, 0.1) is 11.6 Å². The number of hydrogen-bond acceptors (Lipinski definition) is 2. The van der Waals surface area contributed by atoms with Crippen LogP contribution in [0.15, 0.2) is 40.9 Å². The molecule has 1 amide bonds. The Morgan fingerprint density at radius 1 is 1.16 bits per heavy atom. The van der Waals surface area contributed by atoms with Gasteiger partial charge in [-0.25, -0.2) is 4.39 Å². The van der Waals surface area contributed by atoms with E-state index >= 15 is 0 Å². The minimum atomic E-state index is -1.14. The molecule has 2 rings (SSSR count). The molecule has 0 saturated carbocycles. The van der Waals surface area contributed by atoms with Gasteiger partial charge in [0.15, 0.2) is 11.6 Å². The van der Waals surface area contributed by atoms with Crippen molar-refractivity contribution in [2.45, 2.75) is 0 Å². The summed E-state index contributed by atoms with van der Waals surface area (Å²) >= 11 is 3.03. The van der Waals surface area contributed by atoms with Gasteiger partial charge in [0, 0.05) is 4.47 Å². The van der Waals surface area contributed by atoms with Gasteiger partial charge in [0.05, 0.1) is 5.56 Å². The molecule has 2 aromatic carbocycles. The number of nitrogens with two attached hydrogens (primary N) is 1. The second-order valence-electron chi connectivity index (χ2n) is 3.66. The molecule has 2 aromatic rings. The highest BCUT2D eigenvalue weighted by molar-refractivity contribution is 9.10. The predicted molar refractivity (Wildman–Crippen MR) is 69.1 cm³/mol. The van der Waals surface area contributed by atoms with Gasteiger partial charge in [-0.3, -0.25) is 4.79 Å². The van der Waals surface area contributed by atoms with Gasteiger partial charge in [0.1, 0.15) is 5.75 Å². The van der Waals surface area contributed by atoms with E-state index in [1.165, 1.54) is 18.2 Å². The van der Waals surface area contributed by atoms with E-state index in [4.69, 9.17) is 10.5 Å². The highest BCUT2D eigenvalue weighted by Gasteiger charge is 2.15. The molecule has 2 N–H and O–H groups in total. The largest absolute Gasteiger partial charge is 0.453 e. The third-order valence-corrected chi connectivity index (χ3v) is 2.79. The molecule has 0 radical (unpaired) electrons. The molecule has 0 bridgehead atoms. The summed E-state index contributed by atoms with van der Waals surface area (Å²) in [7, 11) is 0. The van der Waals surface area contributed by atoms with Crippen molar-refractivity contribution in [1.29, 1.82) is 0 Å².